The molecule has 0 aromatic heterocycles. The van der Waals surface area contributed by atoms with Crippen molar-refractivity contribution in [2.24, 2.45) is 0 Å². The molecular formula is C85H56N2. The number of hydrogen-bond acceptors (Lipinski definition) is 2. The van der Waals surface area contributed by atoms with Crippen molar-refractivity contribution in [3.8, 4) is 89.0 Å². The molecule has 2 heteroatoms. The molecule has 0 radical (unpaired) electrons. The van der Waals surface area contributed by atoms with Crippen LogP contribution in [0.1, 0.15) is 25.0 Å². The average molecular weight is 1110 g/mol. The van der Waals surface area contributed by atoms with Crippen LogP contribution in [-0.2, 0) is 5.41 Å². The fraction of sp³-hybridized carbons (Fsp3) is 0.0353. The summed E-state index contributed by atoms with van der Waals surface area (Å²) >= 11 is 0. The summed E-state index contributed by atoms with van der Waals surface area (Å²) in [5, 5.41) is 9.88. The van der Waals surface area contributed by atoms with E-state index < -0.39 is 0 Å². The van der Waals surface area contributed by atoms with Crippen molar-refractivity contribution in [3.63, 3.8) is 0 Å². The van der Waals surface area contributed by atoms with E-state index in [-0.39, 0.29) is 5.41 Å². The standard InChI is InChI=1S/C85H56N2/c1-85(2)79-35-17-16-30-65(79)66-43-40-60(52-80(66)85)87(56-24-10-5-11-25-56)59-42-45-76-78(51-59)84(74-49-47-72-64-29-15-13-27-62(64)68-32-19-34-70(74)82(68)72)75-44-41-58(86(55-22-8-4-9-23-55)57-38-36-54(37-39-57)53-20-6-3-7-21-53)50-77(75)83(76)73-48-46-71-63-28-14-12-26-61(63)67-31-18-33-69(73)81(67)71/h3-52H,1-2H3. The molecule has 18 rings (SSSR count). The Balaban J connectivity index is 0.955. The van der Waals surface area contributed by atoms with E-state index >= 15 is 0 Å². The minimum Gasteiger partial charge on any atom is -0.310 e. The molecule has 2 nitrogen and oxygen atoms in total. The highest BCUT2D eigenvalue weighted by molar-refractivity contribution is 6.30. The Hall–Kier alpha value is -11.1. The lowest BCUT2D eigenvalue weighted by Gasteiger charge is -2.29. The lowest BCUT2D eigenvalue weighted by molar-refractivity contribution is 0.660. The maximum atomic E-state index is 2.51. The van der Waals surface area contributed by atoms with Crippen molar-refractivity contribution in [2.45, 2.75) is 19.3 Å². The monoisotopic (exact) mass is 1100 g/mol. The third kappa shape index (κ3) is 7.35. The zero-order valence-corrected chi connectivity index (χ0v) is 48.3. The van der Waals surface area contributed by atoms with Crippen LogP contribution in [0.2, 0.25) is 0 Å². The Labute approximate surface area is 506 Å². The van der Waals surface area contributed by atoms with Gasteiger partial charge in [-0.25, -0.2) is 0 Å². The molecule has 0 heterocycles. The second-order valence-electron chi connectivity index (χ2n) is 24.2. The van der Waals surface area contributed by atoms with E-state index in [2.05, 4.69) is 327 Å². The molecule has 15 aromatic carbocycles. The third-order valence-corrected chi connectivity index (χ3v) is 19.3. The Morgan fingerprint density at radius 1 is 0.207 bits per heavy atom. The predicted octanol–water partition coefficient (Wildman–Crippen LogP) is 23.8. The lowest BCUT2D eigenvalue weighted by Crippen LogP contribution is -2.16. The average Bonchev–Trinajstić information content (AvgIpc) is 1.83. The van der Waals surface area contributed by atoms with Crippen LogP contribution in [0.5, 0.6) is 0 Å². The van der Waals surface area contributed by atoms with Crippen LogP contribution in [0.4, 0.5) is 34.1 Å². The smallest absolute Gasteiger partial charge is 0.0468 e. The van der Waals surface area contributed by atoms with Gasteiger partial charge in [0.05, 0.1) is 0 Å². The van der Waals surface area contributed by atoms with Gasteiger partial charge in [0.1, 0.15) is 0 Å². The van der Waals surface area contributed by atoms with E-state index in [4.69, 9.17) is 0 Å². The first-order valence-corrected chi connectivity index (χ1v) is 30.4. The van der Waals surface area contributed by atoms with Crippen LogP contribution in [0.15, 0.2) is 303 Å². The molecule has 0 amide bonds. The predicted molar refractivity (Wildman–Crippen MR) is 369 cm³/mol. The molecular weight excluding hydrogens is 1050 g/mol. The van der Waals surface area contributed by atoms with Crippen LogP contribution in [0.25, 0.3) is 132 Å². The molecule has 0 atom stereocenters. The first-order chi connectivity index (χ1) is 42.9. The molecule has 3 aliphatic carbocycles. The van der Waals surface area contributed by atoms with Gasteiger partial charge >= 0.3 is 0 Å². The summed E-state index contributed by atoms with van der Waals surface area (Å²) in [6.45, 7) is 4.76. The molecule has 15 aromatic rings. The van der Waals surface area contributed by atoms with Gasteiger partial charge in [-0.3, -0.25) is 0 Å². The Morgan fingerprint density at radius 3 is 1.07 bits per heavy atom. The van der Waals surface area contributed by atoms with Crippen molar-refractivity contribution in [2.75, 3.05) is 9.80 Å². The maximum Gasteiger partial charge on any atom is 0.0468 e. The highest BCUT2D eigenvalue weighted by Crippen LogP contribution is 2.57. The van der Waals surface area contributed by atoms with Crippen LogP contribution >= 0.6 is 0 Å². The first-order valence-electron chi connectivity index (χ1n) is 30.4. The number of anilines is 6. The number of benzene rings is 15. The van der Waals surface area contributed by atoms with Crippen LogP contribution in [0, 0.1) is 0 Å². The van der Waals surface area contributed by atoms with Gasteiger partial charge in [0.2, 0.25) is 0 Å². The zero-order valence-electron chi connectivity index (χ0n) is 48.3. The van der Waals surface area contributed by atoms with Gasteiger partial charge in [0.15, 0.2) is 0 Å². The molecule has 0 saturated heterocycles. The summed E-state index contributed by atoms with van der Waals surface area (Å²) in [5.41, 5.74) is 29.3. The van der Waals surface area contributed by atoms with Gasteiger partial charge in [0.25, 0.3) is 0 Å². The van der Waals surface area contributed by atoms with Crippen molar-refractivity contribution >= 4 is 77.2 Å². The van der Waals surface area contributed by atoms with Gasteiger partial charge in [-0.2, -0.15) is 0 Å². The molecule has 0 unspecified atom stereocenters. The fourth-order valence-corrected chi connectivity index (χ4v) is 15.4. The summed E-state index contributed by atoms with van der Waals surface area (Å²) in [6.07, 6.45) is 0. The maximum absolute atomic E-state index is 2.51. The van der Waals surface area contributed by atoms with Crippen LogP contribution in [-0.4, -0.2) is 0 Å². The first kappa shape index (κ1) is 49.4. The molecule has 406 valence electrons. The second-order valence-corrected chi connectivity index (χ2v) is 24.2. The number of fused-ring (bicyclic) bond motifs is 11. The van der Waals surface area contributed by atoms with E-state index in [1.54, 1.807) is 0 Å². The molecule has 87 heavy (non-hydrogen) atoms. The fourth-order valence-electron chi connectivity index (χ4n) is 15.4. The van der Waals surface area contributed by atoms with E-state index in [0.717, 1.165) is 34.1 Å². The third-order valence-electron chi connectivity index (χ3n) is 19.3. The van der Waals surface area contributed by atoms with Gasteiger partial charge in [-0.15, -0.1) is 0 Å². The van der Waals surface area contributed by atoms with Gasteiger partial charge in [-0.05, 0) is 216 Å². The van der Waals surface area contributed by atoms with Crippen LogP contribution < -0.4 is 9.80 Å². The van der Waals surface area contributed by atoms with Crippen molar-refractivity contribution < 1.29 is 0 Å². The minimum atomic E-state index is -0.175. The van der Waals surface area contributed by atoms with E-state index in [1.807, 2.05) is 0 Å². The SMILES string of the molecule is CC1(C)c2ccccc2-c2ccc(N(c3ccccc3)c3ccc4c(-c5ccc6c7c(cccc57)-c5ccccc5-6)c5cc(N(c6ccccc6)c6ccc(-c7ccccc7)cc6)ccc5c(-c5ccc6c7c(cccc57)-c5ccccc5-6)c4c3)cc21. The molecule has 3 aliphatic rings. The lowest BCUT2D eigenvalue weighted by atomic mass is 9.82. The Bertz CT molecular complexity index is 5290. The molecule has 0 N–H and O–H groups in total. The van der Waals surface area contributed by atoms with Gasteiger partial charge in [-0.1, -0.05) is 244 Å². The quantitative estimate of drug-likeness (QED) is 0.133. The van der Waals surface area contributed by atoms with Gasteiger partial charge in [0, 0.05) is 39.5 Å². The highest BCUT2D eigenvalue weighted by atomic mass is 15.1. The molecule has 0 aliphatic heterocycles. The van der Waals surface area contributed by atoms with Crippen LogP contribution in [0.3, 0.4) is 0 Å². The van der Waals surface area contributed by atoms with E-state index in [9.17, 15) is 0 Å². The number of para-hydroxylation sites is 2. The summed E-state index contributed by atoms with van der Waals surface area (Å²) < 4.78 is 0. The summed E-state index contributed by atoms with van der Waals surface area (Å²) in [5.74, 6) is 0. The van der Waals surface area contributed by atoms with Crippen molar-refractivity contribution in [1.29, 1.82) is 0 Å². The molecule has 0 bridgehead atoms. The summed E-state index contributed by atoms with van der Waals surface area (Å²) in [7, 11) is 0. The van der Waals surface area contributed by atoms with Gasteiger partial charge < -0.3 is 9.80 Å². The second kappa shape index (κ2) is 19.0. The normalized spacial score (nSPS) is 12.8. The summed E-state index contributed by atoms with van der Waals surface area (Å²) in [4.78, 5) is 4.91. The molecule has 0 fully saturated rings. The largest absolute Gasteiger partial charge is 0.310 e. The van der Waals surface area contributed by atoms with E-state index in [0.29, 0.717) is 0 Å². The highest BCUT2D eigenvalue weighted by Gasteiger charge is 2.36. The topological polar surface area (TPSA) is 6.48 Å². The number of nitrogens with zero attached hydrogens (tertiary/aromatic N) is 2. The zero-order chi connectivity index (χ0) is 57.5. The van der Waals surface area contributed by atoms with E-state index in [1.165, 1.54) is 143 Å². The van der Waals surface area contributed by atoms with Crippen molar-refractivity contribution in [1.82, 2.24) is 0 Å². The Kier molecular flexibility index (Phi) is 10.8. The molecule has 0 spiro atoms. The Morgan fingerprint density at radius 2 is 0.552 bits per heavy atom. The molecule has 0 saturated carbocycles. The summed E-state index contributed by atoms with van der Waals surface area (Å²) in [6, 6.07) is 114. The van der Waals surface area contributed by atoms with Crippen molar-refractivity contribution in [3.05, 3.63) is 314 Å². The minimum absolute atomic E-state index is 0.175. The number of rotatable bonds is 9. The number of hydrogen-bond donors (Lipinski definition) is 0.